The van der Waals surface area contributed by atoms with Gasteiger partial charge in [0.15, 0.2) is 0 Å². The summed E-state index contributed by atoms with van der Waals surface area (Å²) in [6.07, 6.45) is 0. The molecule has 0 fully saturated rings. The minimum absolute atomic E-state index is 0.128. The molecule has 0 aliphatic heterocycles. The molecule has 0 spiro atoms. The van der Waals surface area contributed by atoms with E-state index >= 15 is 0 Å². The maximum absolute atomic E-state index is 12.0. The van der Waals surface area contributed by atoms with Gasteiger partial charge in [-0.25, -0.2) is 0 Å². The van der Waals surface area contributed by atoms with E-state index in [0.29, 0.717) is 23.0 Å². The van der Waals surface area contributed by atoms with E-state index < -0.39 is 0 Å². The Kier molecular flexibility index (Phi) is 4.19. The predicted molar refractivity (Wildman–Crippen MR) is 74.3 cm³/mol. The van der Waals surface area contributed by atoms with E-state index in [1.807, 2.05) is 6.92 Å². The fourth-order valence-corrected chi connectivity index (χ4v) is 1.93. The third kappa shape index (κ3) is 3.13. The van der Waals surface area contributed by atoms with Crippen molar-refractivity contribution in [3.63, 3.8) is 0 Å². The van der Waals surface area contributed by atoms with Gasteiger partial charge >= 0.3 is 0 Å². The second kappa shape index (κ2) is 5.86. The molecule has 0 saturated carbocycles. The van der Waals surface area contributed by atoms with Crippen molar-refractivity contribution in [2.75, 3.05) is 6.54 Å². The van der Waals surface area contributed by atoms with Crippen molar-refractivity contribution in [3.8, 4) is 17.0 Å². The lowest BCUT2D eigenvalue weighted by atomic mass is 10.1. The summed E-state index contributed by atoms with van der Waals surface area (Å²) in [5.41, 5.74) is 0.277. The van der Waals surface area contributed by atoms with Gasteiger partial charge in [-0.1, -0.05) is 30.7 Å². The van der Waals surface area contributed by atoms with Crippen LogP contribution in [0.4, 0.5) is 0 Å². The minimum Gasteiger partial charge on any atom is -0.493 e. The molecule has 6 heteroatoms. The van der Waals surface area contributed by atoms with Gasteiger partial charge in [0.05, 0.1) is 6.54 Å². The highest BCUT2D eigenvalue weighted by Crippen LogP contribution is 2.25. The first-order valence-corrected chi connectivity index (χ1v) is 6.28. The number of benzene rings is 1. The van der Waals surface area contributed by atoms with E-state index in [1.165, 1.54) is 0 Å². The standard InChI is InChI=1S/C13H14ClN3O2/c1-2-15-7-10-16-12(18)11(13(19)17-10)8-4-3-5-9(14)6-8/h3-6,15H,2,7H2,1H3,(H2,16,17,18,19). The molecule has 19 heavy (non-hydrogen) atoms. The van der Waals surface area contributed by atoms with Gasteiger partial charge in [0.2, 0.25) is 5.88 Å². The number of aromatic hydroxyl groups is 1. The smallest absolute Gasteiger partial charge is 0.262 e. The second-order valence-corrected chi connectivity index (χ2v) is 4.44. The molecule has 2 aromatic rings. The van der Waals surface area contributed by atoms with Crippen LogP contribution in [-0.4, -0.2) is 21.6 Å². The van der Waals surface area contributed by atoms with Crippen LogP contribution in [0.15, 0.2) is 29.1 Å². The fraction of sp³-hybridized carbons (Fsp3) is 0.231. The van der Waals surface area contributed by atoms with Crippen molar-refractivity contribution in [2.45, 2.75) is 13.5 Å². The van der Waals surface area contributed by atoms with Crippen molar-refractivity contribution in [3.05, 3.63) is 45.5 Å². The normalized spacial score (nSPS) is 10.6. The number of H-pyrrole nitrogens is 1. The van der Waals surface area contributed by atoms with Crippen molar-refractivity contribution >= 4 is 11.6 Å². The summed E-state index contributed by atoms with van der Waals surface area (Å²) in [5, 5.41) is 13.4. The largest absolute Gasteiger partial charge is 0.493 e. The molecule has 0 radical (unpaired) electrons. The molecule has 1 aromatic heterocycles. The summed E-state index contributed by atoms with van der Waals surface area (Å²) in [6.45, 7) is 3.09. The molecule has 1 heterocycles. The van der Waals surface area contributed by atoms with Gasteiger partial charge in [-0.05, 0) is 24.2 Å². The number of nitrogens with zero attached hydrogens (tertiary/aromatic N) is 1. The average Bonchev–Trinajstić information content (AvgIpc) is 2.35. The maximum atomic E-state index is 12.0. The number of hydrogen-bond donors (Lipinski definition) is 3. The van der Waals surface area contributed by atoms with Crippen LogP contribution in [-0.2, 0) is 6.54 Å². The van der Waals surface area contributed by atoms with E-state index in [2.05, 4.69) is 15.3 Å². The van der Waals surface area contributed by atoms with Crippen LogP contribution in [0.1, 0.15) is 12.7 Å². The zero-order valence-electron chi connectivity index (χ0n) is 10.4. The Hall–Kier alpha value is -1.85. The SMILES string of the molecule is CCNCc1nc(O)c(-c2cccc(Cl)c2)c(=O)[nH]1. The van der Waals surface area contributed by atoms with Gasteiger partial charge in [0.25, 0.3) is 5.56 Å². The number of nitrogens with one attached hydrogen (secondary N) is 2. The first kappa shape index (κ1) is 13.6. The van der Waals surface area contributed by atoms with Gasteiger partial charge in [-0.3, -0.25) is 4.79 Å². The van der Waals surface area contributed by atoms with Crippen LogP contribution in [0.5, 0.6) is 5.88 Å². The van der Waals surface area contributed by atoms with E-state index in [4.69, 9.17) is 11.6 Å². The molecular weight excluding hydrogens is 266 g/mol. The number of aromatic amines is 1. The van der Waals surface area contributed by atoms with Gasteiger partial charge < -0.3 is 15.4 Å². The first-order valence-electron chi connectivity index (χ1n) is 5.90. The van der Waals surface area contributed by atoms with Crippen LogP contribution in [0.2, 0.25) is 5.02 Å². The molecule has 0 saturated heterocycles. The van der Waals surface area contributed by atoms with Gasteiger partial charge in [0.1, 0.15) is 11.4 Å². The van der Waals surface area contributed by atoms with Gasteiger partial charge in [-0.2, -0.15) is 4.98 Å². The molecule has 0 aliphatic rings. The van der Waals surface area contributed by atoms with Gasteiger partial charge in [0, 0.05) is 5.02 Å². The molecule has 1 aromatic carbocycles. The first-order chi connectivity index (χ1) is 9.11. The second-order valence-electron chi connectivity index (χ2n) is 4.00. The highest BCUT2D eigenvalue weighted by atomic mass is 35.5. The Balaban J connectivity index is 2.45. The molecule has 0 atom stereocenters. The Morgan fingerprint density at radius 2 is 2.26 bits per heavy atom. The summed E-state index contributed by atoms with van der Waals surface area (Å²) in [7, 11) is 0. The van der Waals surface area contributed by atoms with Crippen molar-refractivity contribution in [1.82, 2.24) is 15.3 Å². The molecule has 0 aliphatic carbocycles. The molecule has 2 rings (SSSR count). The summed E-state index contributed by atoms with van der Waals surface area (Å²) in [4.78, 5) is 18.6. The molecule has 0 bridgehead atoms. The lowest BCUT2D eigenvalue weighted by Gasteiger charge is -2.06. The van der Waals surface area contributed by atoms with Crippen LogP contribution >= 0.6 is 11.6 Å². The topological polar surface area (TPSA) is 78.0 Å². The third-order valence-corrected chi connectivity index (χ3v) is 2.84. The third-order valence-electron chi connectivity index (χ3n) is 2.61. The van der Waals surface area contributed by atoms with Crippen LogP contribution in [0.25, 0.3) is 11.1 Å². The highest BCUT2D eigenvalue weighted by Gasteiger charge is 2.13. The minimum atomic E-state index is -0.386. The highest BCUT2D eigenvalue weighted by molar-refractivity contribution is 6.30. The predicted octanol–water partition coefficient (Wildman–Crippen LogP) is 1.91. The number of hydrogen-bond acceptors (Lipinski definition) is 4. The monoisotopic (exact) mass is 279 g/mol. The van der Waals surface area contributed by atoms with E-state index in [9.17, 15) is 9.90 Å². The molecule has 0 amide bonds. The molecule has 3 N–H and O–H groups in total. The molecule has 100 valence electrons. The Labute approximate surface area is 115 Å². The Bertz CT molecular complexity index is 640. The van der Waals surface area contributed by atoms with Gasteiger partial charge in [-0.15, -0.1) is 0 Å². The molecule has 0 unspecified atom stereocenters. The number of halogens is 1. The molecular formula is C13H14ClN3O2. The summed E-state index contributed by atoms with van der Waals surface area (Å²) in [5.74, 6) is 0.106. The number of aromatic nitrogens is 2. The van der Waals surface area contributed by atoms with Crippen molar-refractivity contribution in [2.24, 2.45) is 0 Å². The Morgan fingerprint density at radius 3 is 2.89 bits per heavy atom. The molecule has 5 nitrogen and oxygen atoms in total. The summed E-state index contributed by atoms with van der Waals surface area (Å²) >= 11 is 5.87. The zero-order chi connectivity index (χ0) is 13.8. The van der Waals surface area contributed by atoms with E-state index in [-0.39, 0.29) is 17.0 Å². The number of rotatable bonds is 4. The lowest BCUT2D eigenvalue weighted by Crippen LogP contribution is -2.20. The van der Waals surface area contributed by atoms with Crippen molar-refractivity contribution < 1.29 is 5.11 Å². The van der Waals surface area contributed by atoms with E-state index in [0.717, 1.165) is 6.54 Å². The van der Waals surface area contributed by atoms with Crippen LogP contribution in [0, 0.1) is 0 Å². The lowest BCUT2D eigenvalue weighted by molar-refractivity contribution is 0.448. The van der Waals surface area contributed by atoms with E-state index in [1.54, 1.807) is 24.3 Å². The maximum Gasteiger partial charge on any atom is 0.262 e. The fourth-order valence-electron chi connectivity index (χ4n) is 1.74. The summed E-state index contributed by atoms with van der Waals surface area (Å²) in [6, 6.07) is 6.71. The van der Waals surface area contributed by atoms with Crippen molar-refractivity contribution in [1.29, 1.82) is 0 Å². The average molecular weight is 280 g/mol. The van der Waals surface area contributed by atoms with Crippen LogP contribution < -0.4 is 10.9 Å². The zero-order valence-corrected chi connectivity index (χ0v) is 11.2. The van der Waals surface area contributed by atoms with Crippen LogP contribution in [0.3, 0.4) is 0 Å². The quantitative estimate of drug-likeness (QED) is 0.799. The summed E-state index contributed by atoms with van der Waals surface area (Å²) < 4.78 is 0. The Morgan fingerprint density at radius 1 is 1.47 bits per heavy atom.